The molecule has 4 aromatic rings. The van der Waals surface area contributed by atoms with Gasteiger partial charge >= 0.3 is 68.3 Å². The minimum atomic E-state index is 0. The van der Waals surface area contributed by atoms with Crippen molar-refractivity contribution in [2.24, 2.45) is 0 Å². The Bertz CT molecular complexity index is 419. The standard InChI is InChI=1S/4C5H5.2C2H2.4Fe/c4*1-2-4-5-3-1;2*1-2;;;;/h4*1-5H;2*1-2H;;;;/q4*-1;;;4*+5. The van der Waals surface area contributed by atoms with Crippen LogP contribution in [0.3, 0.4) is 0 Å². The summed E-state index contributed by atoms with van der Waals surface area (Å²) in [5.74, 6) is 0. The quantitative estimate of drug-likeness (QED) is 0.145. The summed E-state index contributed by atoms with van der Waals surface area (Å²) in [6, 6.07) is 40.0. The summed E-state index contributed by atoms with van der Waals surface area (Å²) >= 11 is 0. The van der Waals surface area contributed by atoms with Crippen LogP contribution in [0, 0.1) is 25.7 Å². The Labute approximate surface area is 213 Å². The topological polar surface area (TPSA) is 0 Å². The molecule has 4 radical (unpaired) electrons. The van der Waals surface area contributed by atoms with E-state index in [1.165, 1.54) is 0 Å². The third-order valence-electron chi connectivity index (χ3n) is 2.22. The second kappa shape index (κ2) is 44.8. The molecule has 0 unspecified atom stereocenters. The van der Waals surface area contributed by atoms with Crippen LogP contribution < -0.4 is 0 Å². The molecule has 4 heteroatoms. The predicted octanol–water partition coefficient (Wildman–Crippen LogP) is 6.11. The molecule has 4 aromatic carbocycles. The zero-order valence-electron chi connectivity index (χ0n) is 15.3. The van der Waals surface area contributed by atoms with Crippen LogP contribution in [-0.2, 0) is 68.3 Å². The molecule has 0 aliphatic heterocycles. The molecule has 0 N–H and O–H groups in total. The fourth-order valence-electron chi connectivity index (χ4n) is 1.28. The largest absolute Gasteiger partial charge is 5.00 e. The number of hydrogen-bond donors (Lipinski definition) is 0. The van der Waals surface area contributed by atoms with Gasteiger partial charge in [0.25, 0.3) is 0 Å². The average Bonchev–Trinajstić information content (AvgIpc) is 3.48. The molecule has 0 spiro atoms. The molecular formula is C24H24Fe4+16. The first-order valence-electron chi connectivity index (χ1n) is 7.33. The first kappa shape index (κ1) is 41.1. The van der Waals surface area contributed by atoms with E-state index in [2.05, 4.69) is 25.7 Å². The molecule has 28 heavy (non-hydrogen) atoms. The van der Waals surface area contributed by atoms with Gasteiger partial charge in [0.15, 0.2) is 0 Å². The van der Waals surface area contributed by atoms with Crippen molar-refractivity contribution in [2.75, 3.05) is 0 Å². The smallest absolute Gasteiger partial charge is 0.214 e. The summed E-state index contributed by atoms with van der Waals surface area (Å²) in [5.41, 5.74) is 0. The normalized spacial score (nSPS) is 5.86. The fourth-order valence-corrected chi connectivity index (χ4v) is 1.28. The monoisotopic (exact) mass is 536 g/mol. The van der Waals surface area contributed by atoms with E-state index < -0.39 is 0 Å². The van der Waals surface area contributed by atoms with Gasteiger partial charge in [0.05, 0.1) is 0 Å². The van der Waals surface area contributed by atoms with E-state index in [4.69, 9.17) is 0 Å². The molecule has 0 aliphatic carbocycles. The summed E-state index contributed by atoms with van der Waals surface area (Å²) < 4.78 is 0. The summed E-state index contributed by atoms with van der Waals surface area (Å²) in [7, 11) is 0. The maximum atomic E-state index is 4.00. The zero-order chi connectivity index (χ0) is 18.1. The van der Waals surface area contributed by atoms with Crippen LogP contribution in [-0.4, -0.2) is 0 Å². The van der Waals surface area contributed by atoms with Crippen molar-refractivity contribution in [1.82, 2.24) is 0 Å². The summed E-state index contributed by atoms with van der Waals surface area (Å²) in [4.78, 5) is 0. The third-order valence-corrected chi connectivity index (χ3v) is 2.22. The number of hydrogen-bond acceptors (Lipinski definition) is 0. The minimum Gasteiger partial charge on any atom is -0.214 e. The Hall–Kier alpha value is -1.40. The molecule has 0 heterocycles. The fraction of sp³-hybridized carbons (Fsp3) is 0. The van der Waals surface area contributed by atoms with Gasteiger partial charge < -0.3 is 0 Å². The van der Waals surface area contributed by atoms with Crippen molar-refractivity contribution >= 4 is 0 Å². The van der Waals surface area contributed by atoms with Gasteiger partial charge in [0.2, 0.25) is 0 Å². The van der Waals surface area contributed by atoms with Crippen LogP contribution in [0.15, 0.2) is 121 Å². The second-order valence-electron chi connectivity index (χ2n) is 3.85. The van der Waals surface area contributed by atoms with Gasteiger partial charge in [-0.15, -0.1) is 25.7 Å². The third kappa shape index (κ3) is 39.6. The Balaban J connectivity index is -0.0000000521. The van der Waals surface area contributed by atoms with Gasteiger partial charge in [-0.2, -0.15) is 72.8 Å². The molecule has 0 bridgehead atoms. The molecule has 0 aromatic heterocycles. The Morgan fingerprint density at radius 3 is 0.429 bits per heavy atom. The molecular weight excluding hydrogens is 512 g/mol. The first-order valence-corrected chi connectivity index (χ1v) is 7.33. The molecule has 0 atom stereocenters. The van der Waals surface area contributed by atoms with Crippen LogP contribution >= 0.6 is 0 Å². The van der Waals surface area contributed by atoms with E-state index in [1.807, 2.05) is 121 Å². The van der Waals surface area contributed by atoms with Crippen molar-refractivity contribution < 1.29 is 68.3 Å². The maximum Gasteiger partial charge on any atom is 5.00 e. The van der Waals surface area contributed by atoms with Crippen LogP contribution in [0.25, 0.3) is 0 Å². The van der Waals surface area contributed by atoms with Crippen LogP contribution in [0.4, 0.5) is 0 Å². The van der Waals surface area contributed by atoms with Crippen molar-refractivity contribution in [3.05, 3.63) is 121 Å². The van der Waals surface area contributed by atoms with Gasteiger partial charge in [-0.1, -0.05) is 0 Å². The van der Waals surface area contributed by atoms with Crippen molar-refractivity contribution in [2.45, 2.75) is 0 Å². The minimum absolute atomic E-state index is 0. The first-order chi connectivity index (χ1) is 12.0. The summed E-state index contributed by atoms with van der Waals surface area (Å²) in [6.07, 6.45) is 16.0. The SMILES string of the molecule is C#C.C#C.[Fe+5].[Fe+5].[Fe+5].[Fe+5].c1cc[cH-]c1.c1cc[cH-]c1.c1cc[cH-]c1.c1cc[cH-]c1. The number of terminal acetylenes is 2. The van der Waals surface area contributed by atoms with Crippen LogP contribution in [0.2, 0.25) is 0 Å². The molecule has 0 nitrogen and oxygen atoms in total. The van der Waals surface area contributed by atoms with E-state index >= 15 is 0 Å². The molecule has 4 rings (SSSR count). The molecule has 0 amide bonds. The average molecular weight is 536 g/mol. The van der Waals surface area contributed by atoms with Crippen LogP contribution in [0.5, 0.6) is 0 Å². The van der Waals surface area contributed by atoms with E-state index in [-0.39, 0.29) is 68.3 Å². The van der Waals surface area contributed by atoms with E-state index in [1.54, 1.807) is 0 Å². The van der Waals surface area contributed by atoms with Gasteiger partial charge in [-0.25, -0.2) is 48.5 Å². The van der Waals surface area contributed by atoms with Crippen molar-refractivity contribution in [3.63, 3.8) is 0 Å². The molecule has 136 valence electrons. The Morgan fingerprint density at radius 1 is 0.286 bits per heavy atom. The van der Waals surface area contributed by atoms with Gasteiger partial charge in [0, 0.05) is 0 Å². The van der Waals surface area contributed by atoms with Gasteiger partial charge in [-0.3, -0.25) is 0 Å². The Morgan fingerprint density at radius 2 is 0.393 bits per heavy atom. The maximum absolute atomic E-state index is 4.00. The molecule has 0 fully saturated rings. The van der Waals surface area contributed by atoms with Crippen molar-refractivity contribution in [3.8, 4) is 25.7 Å². The molecule has 0 aliphatic rings. The molecule has 0 saturated carbocycles. The van der Waals surface area contributed by atoms with Gasteiger partial charge in [0.1, 0.15) is 0 Å². The summed E-state index contributed by atoms with van der Waals surface area (Å²) in [5, 5.41) is 0. The van der Waals surface area contributed by atoms with Gasteiger partial charge in [-0.05, 0) is 0 Å². The second-order valence-corrected chi connectivity index (χ2v) is 3.85. The van der Waals surface area contributed by atoms with Crippen LogP contribution in [0.1, 0.15) is 0 Å². The predicted molar refractivity (Wildman–Crippen MR) is 108 cm³/mol. The molecule has 0 saturated heterocycles. The zero-order valence-corrected chi connectivity index (χ0v) is 19.7. The van der Waals surface area contributed by atoms with E-state index in [0.29, 0.717) is 0 Å². The van der Waals surface area contributed by atoms with Crippen molar-refractivity contribution in [1.29, 1.82) is 0 Å². The number of rotatable bonds is 0. The Kier molecular flexibility index (Phi) is 65.7. The van der Waals surface area contributed by atoms with E-state index in [9.17, 15) is 0 Å². The van der Waals surface area contributed by atoms with E-state index in [0.717, 1.165) is 0 Å². The summed E-state index contributed by atoms with van der Waals surface area (Å²) in [6.45, 7) is 0.